The molecule has 0 aliphatic carbocycles. The molecular weight excluding hydrogens is 348 g/mol. The van der Waals surface area contributed by atoms with Crippen molar-refractivity contribution in [3.63, 3.8) is 0 Å². The molecule has 0 heterocycles. The number of amides is 1. The van der Waals surface area contributed by atoms with Crippen LogP contribution in [0, 0.1) is 0 Å². The largest absolute Gasteiger partial charge is 0.345 e. The fourth-order valence-corrected chi connectivity index (χ4v) is 2.87. The third kappa shape index (κ3) is 4.27. The highest BCUT2D eigenvalue weighted by atomic mass is 35.5. The molecule has 0 saturated heterocycles. The van der Waals surface area contributed by atoms with Crippen LogP contribution in [0.3, 0.4) is 0 Å². The molecule has 0 saturated carbocycles. The second-order valence-corrected chi connectivity index (χ2v) is 7.92. The molecule has 0 spiro atoms. The maximum absolute atomic E-state index is 12.5. The predicted molar refractivity (Wildman–Crippen MR) is 97.0 cm³/mol. The zero-order chi connectivity index (χ0) is 17.9. The van der Waals surface area contributed by atoms with Crippen LogP contribution in [-0.2, 0) is 10.0 Å². The quantitative estimate of drug-likeness (QED) is 0.883. The van der Waals surface area contributed by atoms with Crippen LogP contribution in [0.4, 0.5) is 5.69 Å². The van der Waals surface area contributed by atoms with Gasteiger partial charge in [0.15, 0.2) is 0 Å². The number of rotatable bonds is 5. The minimum Gasteiger partial charge on any atom is -0.345 e. The number of sulfonamides is 1. The Morgan fingerprint density at radius 3 is 2.38 bits per heavy atom. The van der Waals surface area contributed by atoms with Crippen LogP contribution < -0.4 is 9.62 Å². The Morgan fingerprint density at radius 2 is 1.79 bits per heavy atom. The molecule has 5 nitrogen and oxygen atoms in total. The summed E-state index contributed by atoms with van der Waals surface area (Å²) in [6.07, 6.45) is 1.10. The van der Waals surface area contributed by atoms with Gasteiger partial charge in [0.2, 0.25) is 10.0 Å². The molecule has 2 aromatic carbocycles. The standard InChI is InChI=1S/C17H19ClN2O3S/c1-12(13-7-5-4-6-8-13)19-17(21)15-11-14(9-10-16(15)18)20(2)24(3,22)23/h4-12H,1-3H3,(H,19,21)/t12-/m0/s1. The molecule has 0 unspecified atom stereocenters. The first-order valence-corrected chi connectivity index (χ1v) is 9.52. The van der Waals surface area contributed by atoms with Crippen molar-refractivity contribution in [2.75, 3.05) is 17.6 Å². The summed E-state index contributed by atoms with van der Waals surface area (Å²) in [6.45, 7) is 1.87. The minimum absolute atomic E-state index is 0.203. The van der Waals surface area contributed by atoms with E-state index in [9.17, 15) is 13.2 Å². The molecule has 0 fully saturated rings. The Kier molecular flexibility index (Phi) is 5.51. The van der Waals surface area contributed by atoms with Crippen molar-refractivity contribution >= 4 is 33.2 Å². The maximum Gasteiger partial charge on any atom is 0.253 e. The van der Waals surface area contributed by atoms with Crippen molar-refractivity contribution in [3.8, 4) is 0 Å². The smallest absolute Gasteiger partial charge is 0.253 e. The summed E-state index contributed by atoms with van der Waals surface area (Å²) in [5.74, 6) is -0.361. The topological polar surface area (TPSA) is 66.5 Å². The van der Waals surface area contributed by atoms with Gasteiger partial charge in [-0.1, -0.05) is 41.9 Å². The highest BCUT2D eigenvalue weighted by Gasteiger charge is 2.18. The summed E-state index contributed by atoms with van der Waals surface area (Å²) < 4.78 is 24.4. The lowest BCUT2D eigenvalue weighted by Gasteiger charge is -2.19. The van der Waals surface area contributed by atoms with E-state index in [1.165, 1.54) is 19.2 Å². The van der Waals surface area contributed by atoms with Gasteiger partial charge in [0, 0.05) is 7.05 Å². The Labute approximate surface area is 147 Å². The Morgan fingerprint density at radius 1 is 1.17 bits per heavy atom. The molecule has 1 N–H and O–H groups in total. The van der Waals surface area contributed by atoms with E-state index in [0.717, 1.165) is 16.1 Å². The number of benzene rings is 2. The lowest BCUT2D eigenvalue weighted by Crippen LogP contribution is -2.28. The Bertz CT molecular complexity index is 838. The van der Waals surface area contributed by atoms with Crippen molar-refractivity contribution in [2.45, 2.75) is 13.0 Å². The molecular formula is C17H19ClN2O3S. The lowest BCUT2D eigenvalue weighted by atomic mass is 10.1. The van der Waals surface area contributed by atoms with E-state index in [1.54, 1.807) is 6.07 Å². The summed E-state index contributed by atoms with van der Waals surface area (Å²) in [5.41, 5.74) is 1.57. The van der Waals surface area contributed by atoms with E-state index in [4.69, 9.17) is 11.6 Å². The Hall–Kier alpha value is -2.05. The SMILES string of the molecule is C[C@H](NC(=O)c1cc(N(C)S(C)(=O)=O)ccc1Cl)c1ccccc1. The molecule has 0 bridgehead atoms. The number of carbonyl (C=O) groups excluding carboxylic acids is 1. The first-order chi connectivity index (χ1) is 11.2. The van der Waals surface area contributed by atoms with Gasteiger partial charge in [-0.05, 0) is 30.7 Å². The molecule has 1 amide bonds. The van der Waals surface area contributed by atoms with Crippen molar-refractivity contribution in [3.05, 3.63) is 64.7 Å². The first-order valence-electron chi connectivity index (χ1n) is 7.29. The van der Waals surface area contributed by atoms with Gasteiger partial charge in [0.05, 0.1) is 28.6 Å². The molecule has 0 aliphatic heterocycles. The van der Waals surface area contributed by atoms with Crippen LogP contribution in [0.2, 0.25) is 5.02 Å². The maximum atomic E-state index is 12.5. The molecule has 2 aromatic rings. The van der Waals surface area contributed by atoms with Crippen LogP contribution in [0.5, 0.6) is 0 Å². The number of nitrogens with one attached hydrogen (secondary N) is 1. The number of carbonyl (C=O) groups is 1. The van der Waals surface area contributed by atoms with E-state index in [1.807, 2.05) is 37.3 Å². The molecule has 0 radical (unpaired) electrons. The van der Waals surface area contributed by atoms with Gasteiger partial charge in [-0.25, -0.2) is 8.42 Å². The summed E-state index contributed by atoms with van der Waals surface area (Å²) >= 11 is 6.11. The van der Waals surface area contributed by atoms with Crippen LogP contribution in [0.25, 0.3) is 0 Å². The van der Waals surface area contributed by atoms with E-state index in [0.29, 0.717) is 5.69 Å². The summed E-state index contributed by atoms with van der Waals surface area (Å²) in [6, 6.07) is 13.9. The van der Waals surface area contributed by atoms with Crippen LogP contribution in [0.15, 0.2) is 48.5 Å². The van der Waals surface area contributed by atoms with Gasteiger partial charge >= 0.3 is 0 Å². The third-order valence-electron chi connectivity index (χ3n) is 3.70. The lowest BCUT2D eigenvalue weighted by molar-refractivity contribution is 0.0940. The number of nitrogens with zero attached hydrogens (tertiary/aromatic N) is 1. The fourth-order valence-electron chi connectivity index (χ4n) is 2.17. The normalized spacial score (nSPS) is 12.5. The monoisotopic (exact) mass is 366 g/mol. The molecule has 0 aromatic heterocycles. The van der Waals surface area contributed by atoms with Gasteiger partial charge in [-0.15, -0.1) is 0 Å². The molecule has 128 valence electrons. The summed E-state index contributed by atoms with van der Waals surface area (Å²) in [4.78, 5) is 12.5. The Balaban J connectivity index is 2.26. The summed E-state index contributed by atoms with van der Waals surface area (Å²) in [7, 11) is -2.00. The minimum atomic E-state index is -3.42. The first kappa shape index (κ1) is 18.3. The van der Waals surface area contributed by atoms with Gasteiger partial charge in [-0.2, -0.15) is 0 Å². The van der Waals surface area contributed by atoms with Gasteiger partial charge in [-0.3, -0.25) is 9.10 Å². The predicted octanol–water partition coefficient (Wildman–Crippen LogP) is 3.23. The van der Waals surface area contributed by atoms with E-state index < -0.39 is 10.0 Å². The number of anilines is 1. The zero-order valence-corrected chi connectivity index (χ0v) is 15.2. The van der Waals surface area contributed by atoms with Crippen molar-refractivity contribution in [1.82, 2.24) is 5.32 Å². The number of hydrogen-bond donors (Lipinski definition) is 1. The fraction of sp³-hybridized carbons (Fsp3) is 0.235. The van der Waals surface area contributed by atoms with Gasteiger partial charge in [0.1, 0.15) is 0 Å². The second-order valence-electron chi connectivity index (χ2n) is 5.50. The van der Waals surface area contributed by atoms with E-state index in [2.05, 4.69) is 5.32 Å². The van der Waals surface area contributed by atoms with Gasteiger partial charge in [0.25, 0.3) is 5.91 Å². The molecule has 1 atom stereocenters. The zero-order valence-electron chi connectivity index (χ0n) is 13.7. The average molecular weight is 367 g/mol. The molecule has 7 heteroatoms. The highest BCUT2D eigenvalue weighted by Crippen LogP contribution is 2.24. The average Bonchev–Trinajstić information content (AvgIpc) is 2.54. The number of halogens is 1. The molecule has 0 aliphatic rings. The van der Waals surface area contributed by atoms with E-state index >= 15 is 0 Å². The highest BCUT2D eigenvalue weighted by molar-refractivity contribution is 7.92. The van der Waals surface area contributed by atoms with Gasteiger partial charge < -0.3 is 5.32 Å². The van der Waals surface area contributed by atoms with Crippen molar-refractivity contribution in [2.24, 2.45) is 0 Å². The van der Waals surface area contributed by atoms with Crippen LogP contribution >= 0.6 is 11.6 Å². The van der Waals surface area contributed by atoms with Crippen molar-refractivity contribution < 1.29 is 13.2 Å². The van der Waals surface area contributed by atoms with Crippen LogP contribution in [-0.4, -0.2) is 27.6 Å². The van der Waals surface area contributed by atoms with Crippen molar-refractivity contribution in [1.29, 1.82) is 0 Å². The summed E-state index contributed by atoms with van der Waals surface area (Å²) in [5, 5.41) is 3.13. The molecule has 24 heavy (non-hydrogen) atoms. The van der Waals surface area contributed by atoms with Crippen LogP contribution in [0.1, 0.15) is 28.9 Å². The van der Waals surface area contributed by atoms with E-state index in [-0.39, 0.29) is 22.5 Å². The molecule has 2 rings (SSSR count). The second kappa shape index (κ2) is 7.23. The third-order valence-corrected chi connectivity index (χ3v) is 5.24. The number of hydrogen-bond acceptors (Lipinski definition) is 3.